The van der Waals surface area contributed by atoms with E-state index in [9.17, 15) is 4.79 Å². The normalized spacial score (nSPS) is 19.3. The first-order valence-corrected chi connectivity index (χ1v) is 8.59. The number of rotatable bonds is 3. The molecule has 122 valence electrons. The third-order valence-corrected chi connectivity index (χ3v) is 5.23. The molecule has 23 heavy (non-hydrogen) atoms. The minimum atomic E-state index is 0.153. The van der Waals surface area contributed by atoms with Gasteiger partial charge in [0.25, 0.3) is 5.91 Å². The number of nitrogens with zero attached hydrogens (tertiary/aromatic N) is 4. The molecule has 4 rings (SSSR count). The van der Waals surface area contributed by atoms with E-state index in [-0.39, 0.29) is 5.91 Å². The Morgan fingerprint density at radius 1 is 1.22 bits per heavy atom. The highest BCUT2D eigenvalue weighted by molar-refractivity contribution is 5.92. The molecule has 0 N–H and O–H groups in total. The van der Waals surface area contributed by atoms with Crippen LogP contribution in [0.25, 0.3) is 0 Å². The molecule has 0 aromatic carbocycles. The highest BCUT2D eigenvalue weighted by Crippen LogP contribution is 2.41. The van der Waals surface area contributed by atoms with E-state index in [1.807, 2.05) is 41.0 Å². The zero-order valence-electron chi connectivity index (χ0n) is 13.9. The fraction of sp³-hybridized carbons (Fsp3) is 0.556. The molecule has 1 amide bonds. The Kier molecular flexibility index (Phi) is 3.51. The molecule has 2 aromatic heterocycles. The van der Waals surface area contributed by atoms with Gasteiger partial charge in [-0.2, -0.15) is 0 Å². The van der Waals surface area contributed by atoms with Crippen molar-refractivity contribution in [2.75, 3.05) is 13.1 Å². The molecule has 5 nitrogen and oxygen atoms in total. The maximum absolute atomic E-state index is 12.6. The molecule has 1 saturated heterocycles. The third-order valence-electron chi connectivity index (χ3n) is 5.23. The second-order valence-corrected chi connectivity index (χ2v) is 6.93. The maximum atomic E-state index is 12.6. The van der Waals surface area contributed by atoms with Gasteiger partial charge in [0.1, 0.15) is 11.5 Å². The van der Waals surface area contributed by atoms with Gasteiger partial charge in [0, 0.05) is 50.2 Å². The van der Waals surface area contributed by atoms with Gasteiger partial charge < -0.3 is 14.0 Å². The van der Waals surface area contributed by atoms with Crippen molar-refractivity contribution < 1.29 is 4.79 Å². The second-order valence-electron chi connectivity index (χ2n) is 6.93. The Balaban J connectivity index is 1.46. The Morgan fingerprint density at radius 3 is 2.57 bits per heavy atom. The van der Waals surface area contributed by atoms with Crippen molar-refractivity contribution in [2.24, 2.45) is 7.05 Å². The maximum Gasteiger partial charge on any atom is 0.270 e. The topological polar surface area (TPSA) is 43.1 Å². The fourth-order valence-electron chi connectivity index (χ4n) is 3.76. The van der Waals surface area contributed by atoms with Gasteiger partial charge in [-0.05, 0) is 44.7 Å². The Morgan fingerprint density at radius 2 is 1.96 bits per heavy atom. The van der Waals surface area contributed by atoms with E-state index in [4.69, 9.17) is 0 Å². The molecule has 3 heterocycles. The molecule has 5 heteroatoms. The Hall–Kier alpha value is -2.04. The van der Waals surface area contributed by atoms with Gasteiger partial charge in [-0.15, -0.1) is 0 Å². The lowest BCUT2D eigenvalue weighted by Gasteiger charge is -2.34. The highest BCUT2D eigenvalue weighted by Gasteiger charge is 2.33. The van der Waals surface area contributed by atoms with E-state index in [1.54, 1.807) is 0 Å². The molecule has 1 aliphatic heterocycles. The van der Waals surface area contributed by atoms with Crippen LogP contribution in [-0.2, 0) is 7.05 Å². The van der Waals surface area contributed by atoms with Crippen LogP contribution in [0.5, 0.6) is 0 Å². The lowest BCUT2D eigenvalue weighted by atomic mass is 10.0. The number of carbonyl (C=O) groups is 1. The number of hydrogen-bond acceptors (Lipinski definition) is 2. The molecule has 1 saturated carbocycles. The minimum Gasteiger partial charge on any atom is -0.347 e. The van der Waals surface area contributed by atoms with Crippen molar-refractivity contribution in [1.29, 1.82) is 0 Å². The highest BCUT2D eigenvalue weighted by atomic mass is 16.2. The number of amides is 1. The largest absolute Gasteiger partial charge is 0.347 e. The molecule has 0 unspecified atom stereocenters. The van der Waals surface area contributed by atoms with Crippen LogP contribution in [-0.4, -0.2) is 38.0 Å². The Labute approximate surface area is 136 Å². The molecule has 1 aliphatic carbocycles. The van der Waals surface area contributed by atoms with E-state index >= 15 is 0 Å². The molecule has 0 spiro atoms. The third kappa shape index (κ3) is 2.58. The first kappa shape index (κ1) is 14.5. The lowest BCUT2D eigenvalue weighted by molar-refractivity contribution is 0.0683. The minimum absolute atomic E-state index is 0.153. The van der Waals surface area contributed by atoms with E-state index < -0.39 is 0 Å². The second kappa shape index (κ2) is 5.55. The van der Waals surface area contributed by atoms with Gasteiger partial charge in [-0.1, -0.05) is 0 Å². The summed E-state index contributed by atoms with van der Waals surface area (Å²) < 4.78 is 4.35. The quantitative estimate of drug-likeness (QED) is 0.874. The first-order chi connectivity index (χ1) is 11.1. The summed E-state index contributed by atoms with van der Waals surface area (Å²) in [6.45, 7) is 3.81. The molecular weight excluding hydrogens is 288 g/mol. The zero-order valence-corrected chi connectivity index (χ0v) is 13.9. The molecular formula is C18H24N4O. The van der Waals surface area contributed by atoms with Crippen molar-refractivity contribution in [3.63, 3.8) is 0 Å². The summed E-state index contributed by atoms with van der Waals surface area (Å²) in [7, 11) is 1.93. The predicted octanol–water partition coefficient (Wildman–Crippen LogP) is 2.88. The van der Waals surface area contributed by atoms with Crippen LogP contribution in [0.3, 0.4) is 0 Å². The Bertz CT molecular complexity index is 717. The van der Waals surface area contributed by atoms with Gasteiger partial charge >= 0.3 is 0 Å². The average Bonchev–Trinajstić information content (AvgIpc) is 3.21. The summed E-state index contributed by atoms with van der Waals surface area (Å²) in [5.41, 5.74) is 2.04. The summed E-state index contributed by atoms with van der Waals surface area (Å²) in [4.78, 5) is 19.2. The van der Waals surface area contributed by atoms with Crippen LogP contribution >= 0.6 is 0 Å². The SMILES string of the molecule is Cc1cnc(C2CC2)n1C1CCN(C(=O)c2cccn2C)CC1. The van der Waals surface area contributed by atoms with Crippen molar-refractivity contribution in [3.05, 3.63) is 41.7 Å². The number of hydrogen-bond donors (Lipinski definition) is 0. The smallest absolute Gasteiger partial charge is 0.270 e. The van der Waals surface area contributed by atoms with Gasteiger partial charge in [-0.3, -0.25) is 4.79 Å². The van der Waals surface area contributed by atoms with Gasteiger partial charge in [0.2, 0.25) is 0 Å². The lowest BCUT2D eigenvalue weighted by Crippen LogP contribution is -2.40. The molecule has 0 radical (unpaired) electrons. The first-order valence-electron chi connectivity index (χ1n) is 8.59. The monoisotopic (exact) mass is 312 g/mol. The van der Waals surface area contributed by atoms with Crippen LogP contribution in [0.1, 0.15) is 59.6 Å². The predicted molar refractivity (Wildman–Crippen MR) is 88.5 cm³/mol. The van der Waals surface area contributed by atoms with E-state index in [1.165, 1.54) is 24.4 Å². The fourth-order valence-corrected chi connectivity index (χ4v) is 3.76. The summed E-state index contributed by atoms with van der Waals surface area (Å²) in [6.07, 6.45) is 8.54. The van der Waals surface area contributed by atoms with E-state index in [0.29, 0.717) is 12.0 Å². The van der Waals surface area contributed by atoms with Crippen molar-refractivity contribution >= 4 is 5.91 Å². The number of piperidine rings is 1. The number of aryl methyl sites for hydroxylation is 2. The van der Waals surface area contributed by atoms with Crippen LogP contribution in [0, 0.1) is 6.92 Å². The van der Waals surface area contributed by atoms with Crippen molar-refractivity contribution in [2.45, 2.75) is 44.6 Å². The molecule has 0 atom stereocenters. The zero-order chi connectivity index (χ0) is 16.0. The van der Waals surface area contributed by atoms with Gasteiger partial charge in [0.05, 0.1) is 0 Å². The van der Waals surface area contributed by atoms with Crippen LogP contribution in [0.15, 0.2) is 24.5 Å². The van der Waals surface area contributed by atoms with Crippen molar-refractivity contribution in [3.8, 4) is 0 Å². The molecule has 2 fully saturated rings. The van der Waals surface area contributed by atoms with Crippen LogP contribution < -0.4 is 0 Å². The van der Waals surface area contributed by atoms with E-state index in [2.05, 4.69) is 16.5 Å². The van der Waals surface area contributed by atoms with Crippen LogP contribution in [0.2, 0.25) is 0 Å². The number of carbonyl (C=O) groups excluding carboxylic acids is 1. The summed E-state index contributed by atoms with van der Waals surface area (Å²) >= 11 is 0. The standard InChI is InChI=1S/C18H24N4O/c1-13-12-19-17(14-5-6-14)22(13)15-7-10-21(11-8-15)18(23)16-4-3-9-20(16)2/h3-4,9,12,14-15H,5-8,10-11H2,1-2H3. The summed E-state index contributed by atoms with van der Waals surface area (Å²) in [6, 6.07) is 4.32. The van der Waals surface area contributed by atoms with Crippen molar-refractivity contribution in [1.82, 2.24) is 19.0 Å². The van der Waals surface area contributed by atoms with Gasteiger partial charge in [0.15, 0.2) is 0 Å². The summed E-state index contributed by atoms with van der Waals surface area (Å²) in [5, 5.41) is 0. The number of imidazole rings is 1. The molecule has 2 aromatic rings. The van der Waals surface area contributed by atoms with Gasteiger partial charge in [-0.25, -0.2) is 4.98 Å². The van der Waals surface area contributed by atoms with Crippen LogP contribution in [0.4, 0.5) is 0 Å². The summed E-state index contributed by atoms with van der Waals surface area (Å²) in [5.74, 6) is 2.10. The average molecular weight is 312 g/mol. The molecule has 0 bridgehead atoms. The van der Waals surface area contributed by atoms with E-state index in [0.717, 1.165) is 31.6 Å². The number of aromatic nitrogens is 3. The number of likely N-dealkylation sites (tertiary alicyclic amines) is 1. The molecule has 2 aliphatic rings.